The summed E-state index contributed by atoms with van der Waals surface area (Å²) in [6.45, 7) is 15.4. The molecule has 3 aliphatic rings. The van der Waals surface area contributed by atoms with Crippen LogP contribution in [0.3, 0.4) is 0 Å². The lowest BCUT2D eigenvalue weighted by Crippen LogP contribution is -2.57. The molecule has 3 saturated heterocycles. The topological polar surface area (TPSA) is 261 Å². The number of carboxylic acid groups (broad SMARTS) is 1. The van der Waals surface area contributed by atoms with E-state index in [0.717, 1.165) is 0 Å². The molecule has 3 fully saturated rings. The van der Waals surface area contributed by atoms with Crippen LogP contribution < -0.4 is 0 Å². The largest absolute Gasteiger partial charge is 0.479 e. The number of hydrogen-bond acceptors (Lipinski definition) is 16. The molecule has 8 N–H and O–H groups in total. The van der Waals surface area contributed by atoms with E-state index >= 15 is 0 Å². The Bertz CT molecular complexity index is 935. The third-order valence-corrected chi connectivity index (χ3v) is 7.56. The van der Waals surface area contributed by atoms with E-state index in [4.69, 9.17) is 33.5 Å². The van der Waals surface area contributed by atoms with Crippen molar-refractivity contribution in [1.29, 1.82) is 0 Å². The van der Waals surface area contributed by atoms with Crippen LogP contribution in [0.1, 0.15) is 69.7 Å². The number of aliphatic hydroxyl groups excluding tert-OH is 7. The molecule has 3 aliphatic heterocycles. The van der Waals surface area contributed by atoms with Crippen LogP contribution in [0.4, 0.5) is 0 Å². The average Bonchev–Trinajstić information content (AvgIpc) is 2.98. The molecule has 0 spiro atoms. The molecule has 0 amide bonds. The predicted molar refractivity (Wildman–Crippen MR) is 167 cm³/mol. The van der Waals surface area contributed by atoms with Crippen LogP contribution in [0, 0.1) is 11.8 Å². The summed E-state index contributed by atoms with van der Waals surface area (Å²) in [5.74, 6) is -2.99. The van der Waals surface area contributed by atoms with E-state index in [2.05, 4.69) is 4.74 Å². The molecule has 0 aromatic heterocycles. The van der Waals surface area contributed by atoms with Crippen molar-refractivity contribution in [2.24, 2.45) is 11.8 Å². The van der Waals surface area contributed by atoms with Crippen LogP contribution >= 0.6 is 0 Å². The first kappa shape index (κ1) is 46.4. The number of carbonyl (C=O) groups excluding carboxylic acids is 1. The Hall–Kier alpha value is -1.58. The van der Waals surface area contributed by atoms with Crippen molar-refractivity contribution in [3.05, 3.63) is 0 Å². The maximum absolute atomic E-state index is 11.5. The SMILES string of the molecule is C.CC(C)OC1O[C@H](C(=O)O)[C@@H](C)[C@H](O)[C@H]1O.CC(C)OC1O[C@H](C)[C@@H](O)[C@H](O)[C@H]1O.COC(=O)[C@H]1OC(OC(C)C)[C@H](O)[C@@H](O)[C@@H]1C. The number of methoxy groups -OCH3 is 1. The molecule has 17 heteroatoms. The standard InChI is InChI=1S/C11H20O6.C10H18O6.C9H18O5.CH4/c1-5(2)16-11-8(13)7(12)6(3)9(17-11)10(14)15-4;1-4(2)15-10-7(12)6(11)5(3)8(16-10)9(13)14;1-4(2)13-9-8(12)7(11)6(10)5(3)14-9;/h5-9,11-13H,1-4H3;4-8,10-12H,1-3H3,(H,13,14);4-12H,1-3H3;1H4/t6-,7-,8+,9-,11?;5-,6-,7+,8-,10?;5-,6-,7+,8-,9?;/m001./s1. The number of rotatable bonds is 8. The van der Waals surface area contributed by atoms with Crippen molar-refractivity contribution >= 4 is 11.9 Å². The summed E-state index contributed by atoms with van der Waals surface area (Å²) in [4.78, 5) is 22.3. The van der Waals surface area contributed by atoms with Gasteiger partial charge in [-0.3, -0.25) is 0 Å². The quantitative estimate of drug-likeness (QED) is 0.143. The van der Waals surface area contributed by atoms with Gasteiger partial charge in [0.15, 0.2) is 31.1 Å². The predicted octanol–water partition coefficient (Wildman–Crippen LogP) is -0.879. The Labute approximate surface area is 282 Å². The highest BCUT2D eigenvalue weighted by Gasteiger charge is 2.47. The van der Waals surface area contributed by atoms with Gasteiger partial charge < -0.3 is 74.0 Å². The van der Waals surface area contributed by atoms with Crippen molar-refractivity contribution < 1.29 is 83.6 Å². The van der Waals surface area contributed by atoms with Crippen molar-refractivity contribution in [2.75, 3.05) is 7.11 Å². The first-order valence-corrected chi connectivity index (χ1v) is 15.7. The van der Waals surface area contributed by atoms with Gasteiger partial charge in [-0.1, -0.05) is 21.3 Å². The Morgan fingerprint density at radius 1 is 0.542 bits per heavy atom. The lowest BCUT2D eigenvalue weighted by molar-refractivity contribution is -0.301. The fourth-order valence-corrected chi connectivity index (χ4v) is 4.83. The smallest absolute Gasteiger partial charge is 0.335 e. The molecule has 3 rings (SSSR count). The molecule has 15 atom stereocenters. The first-order chi connectivity index (χ1) is 21.7. The monoisotopic (exact) mass is 704 g/mol. The van der Waals surface area contributed by atoms with Crippen LogP contribution in [-0.2, 0) is 42.7 Å². The maximum atomic E-state index is 11.5. The molecule has 0 radical (unpaired) electrons. The zero-order valence-electron chi connectivity index (χ0n) is 28.6. The zero-order chi connectivity index (χ0) is 36.5. The van der Waals surface area contributed by atoms with Crippen molar-refractivity contribution in [1.82, 2.24) is 0 Å². The summed E-state index contributed by atoms with van der Waals surface area (Å²) in [6, 6.07) is 0. The van der Waals surface area contributed by atoms with Gasteiger partial charge in [-0.2, -0.15) is 0 Å². The summed E-state index contributed by atoms with van der Waals surface area (Å²) in [7, 11) is 1.24. The number of aliphatic hydroxyl groups is 7. The summed E-state index contributed by atoms with van der Waals surface area (Å²) in [5.41, 5.74) is 0. The third kappa shape index (κ3) is 12.9. The molecule has 0 aromatic rings. The van der Waals surface area contributed by atoms with Gasteiger partial charge >= 0.3 is 11.9 Å². The minimum atomic E-state index is -1.23. The van der Waals surface area contributed by atoms with Crippen LogP contribution in [0.25, 0.3) is 0 Å². The highest BCUT2D eigenvalue weighted by atomic mass is 16.7. The van der Waals surface area contributed by atoms with Gasteiger partial charge in [0.05, 0.1) is 43.7 Å². The normalized spacial score (nSPS) is 39.8. The molecule has 3 unspecified atom stereocenters. The van der Waals surface area contributed by atoms with Crippen molar-refractivity contribution in [2.45, 2.75) is 168 Å². The molecular formula is C31H60O17. The van der Waals surface area contributed by atoms with Gasteiger partial charge in [-0.25, -0.2) is 9.59 Å². The highest BCUT2D eigenvalue weighted by molar-refractivity contribution is 5.75. The fourth-order valence-electron chi connectivity index (χ4n) is 4.83. The van der Waals surface area contributed by atoms with Crippen LogP contribution in [0.2, 0.25) is 0 Å². The molecule has 17 nitrogen and oxygen atoms in total. The van der Waals surface area contributed by atoms with E-state index in [1.165, 1.54) is 14.0 Å². The molecule has 0 bridgehead atoms. The van der Waals surface area contributed by atoms with Gasteiger partial charge in [0, 0.05) is 11.8 Å². The molecule has 0 aliphatic carbocycles. The van der Waals surface area contributed by atoms with Gasteiger partial charge in [-0.05, 0) is 48.5 Å². The lowest BCUT2D eigenvalue weighted by atomic mass is 9.90. The number of ether oxygens (including phenoxy) is 7. The zero-order valence-corrected chi connectivity index (χ0v) is 28.6. The van der Waals surface area contributed by atoms with E-state index in [1.807, 2.05) is 0 Å². The summed E-state index contributed by atoms with van der Waals surface area (Å²) >= 11 is 0. The van der Waals surface area contributed by atoms with E-state index < -0.39 is 104 Å². The minimum Gasteiger partial charge on any atom is -0.479 e. The number of aliphatic carboxylic acids is 1. The fraction of sp³-hybridized carbons (Fsp3) is 0.935. The van der Waals surface area contributed by atoms with Crippen molar-refractivity contribution in [3.8, 4) is 0 Å². The van der Waals surface area contributed by atoms with Crippen LogP contribution in [0.5, 0.6) is 0 Å². The molecule has 286 valence electrons. The van der Waals surface area contributed by atoms with Gasteiger partial charge in [-0.15, -0.1) is 0 Å². The van der Waals surface area contributed by atoms with E-state index in [-0.39, 0.29) is 25.7 Å². The second kappa shape index (κ2) is 20.9. The number of carboxylic acids is 1. The molecular weight excluding hydrogens is 644 g/mol. The van der Waals surface area contributed by atoms with Crippen LogP contribution in [0.15, 0.2) is 0 Å². The first-order valence-electron chi connectivity index (χ1n) is 15.7. The Balaban J connectivity index is 0.000000686. The van der Waals surface area contributed by atoms with Crippen molar-refractivity contribution in [3.63, 3.8) is 0 Å². The molecule has 0 aromatic carbocycles. The summed E-state index contributed by atoms with van der Waals surface area (Å²) < 4.78 is 36.0. The van der Waals surface area contributed by atoms with Gasteiger partial charge in [0.1, 0.15) is 30.5 Å². The second-order valence-electron chi connectivity index (χ2n) is 12.6. The van der Waals surface area contributed by atoms with Gasteiger partial charge in [0.25, 0.3) is 0 Å². The molecule has 48 heavy (non-hydrogen) atoms. The molecule has 0 saturated carbocycles. The van der Waals surface area contributed by atoms with E-state index in [0.29, 0.717) is 0 Å². The van der Waals surface area contributed by atoms with E-state index in [1.54, 1.807) is 55.4 Å². The average molecular weight is 705 g/mol. The Morgan fingerprint density at radius 2 is 0.875 bits per heavy atom. The maximum Gasteiger partial charge on any atom is 0.335 e. The van der Waals surface area contributed by atoms with E-state index in [9.17, 15) is 45.3 Å². The summed E-state index contributed by atoms with van der Waals surface area (Å²) in [6.07, 6.45) is -14.3. The second-order valence-corrected chi connectivity index (χ2v) is 12.6. The minimum absolute atomic E-state index is 0. The summed E-state index contributed by atoms with van der Waals surface area (Å²) in [5, 5.41) is 76.2. The Morgan fingerprint density at radius 3 is 1.23 bits per heavy atom. The number of hydrogen-bond donors (Lipinski definition) is 8. The third-order valence-electron chi connectivity index (χ3n) is 7.56. The number of carbonyl (C=O) groups is 2. The lowest BCUT2D eigenvalue weighted by Gasteiger charge is -2.40. The highest BCUT2D eigenvalue weighted by Crippen LogP contribution is 2.29. The van der Waals surface area contributed by atoms with Crippen LogP contribution in [-0.4, -0.2) is 158 Å². The number of esters is 1. The Kier molecular flexibility index (Phi) is 20.3. The van der Waals surface area contributed by atoms with Gasteiger partial charge in [0.2, 0.25) is 0 Å². The molecule has 3 heterocycles.